The number of ketones is 1. The van der Waals surface area contributed by atoms with Crippen molar-refractivity contribution in [2.45, 2.75) is 19.1 Å². The molecule has 0 bridgehead atoms. The number of ether oxygens (including phenoxy) is 2. The van der Waals surface area contributed by atoms with Crippen LogP contribution < -0.4 is 0 Å². The Kier molecular flexibility index (Phi) is 3.88. The Morgan fingerprint density at radius 1 is 1.50 bits per heavy atom. The minimum absolute atomic E-state index is 0.0556. The summed E-state index contributed by atoms with van der Waals surface area (Å²) in [7, 11) is 0. The highest BCUT2D eigenvalue weighted by Gasteiger charge is 2.20. The van der Waals surface area contributed by atoms with E-state index >= 15 is 0 Å². The number of hydrogen-bond donors (Lipinski definition) is 0. The van der Waals surface area contributed by atoms with Crippen LogP contribution in [-0.2, 0) is 20.7 Å². The number of halogens is 1. The Balaban J connectivity index is 1.89. The molecule has 5 heteroatoms. The molecule has 0 unspecified atom stereocenters. The summed E-state index contributed by atoms with van der Waals surface area (Å²) in [5.74, 6) is 0.0556. The first-order valence-electron chi connectivity index (χ1n) is 5.09. The fourth-order valence-electron chi connectivity index (χ4n) is 1.54. The molecule has 0 aromatic carbocycles. The minimum Gasteiger partial charge on any atom is -0.350 e. The van der Waals surface area contributed by atoms with Crippen molar-refractivity contribution in [2.24, 2.45) is 0 Å². The van der Waals surface area contributed by atoms with Crippen LogP contribution in [0.15, 0.2) is 18.5 Å². The molecule has 16 heavy (non-hydrogen) atoms. The average Bonchev–Trinajstić information content (AvgIpc) is 2.74. The quantitative estimate of drug-likeness (QED) is 0.804. The molecule has 0 amide bonds. The van der Waals surface area contributed by atoms with Gasteiger partial charge in [-0.2, -0.15) is 0 Å². The van der Waals surface area contributed by atoms with Gasteiger partial charge in [-0.05, 0) is 11.6 Å². The van der Waals surface area contributed by atoms with Gasteiger partial charge in [0, 0.05) is 18.8 Å². The molecule has 1 fully saturated rings. The molecular formula is C11H12ClNO3. The topological polar surface area (TPSA) is 48.4 Å². The fourth-order valence-corrected chi connectivity index (χ4v) is 1.73. The van der Waals surface area contributed by atoms with Crippen molar-refractivity contribution in [2.75, 3.05) is 13.2 Å². The maximum atomic E-state index is 11.7. The molecule has 1 aliphatic rings. The van der Waals surface area contributed by atoms with Crippen LogP contribution in [0.2, 0.25) is 5.02 Å². The summed E-state index contributed by atoms with van der Waals surface area (Å²) < 4.78 is 10.4. The van der Waals surface area contributed by atoms with Crippen molar-refractivity contribution in [3.05, 3.63) is 29.0 Å². The van der Waals surface area contributed by atoms with Crippen LogP contribution in [0.25, 0.3) is 0 Å². The predicted octanol–water partition coefficient (Wildman–Crippen LogP) is 1.61. The third-order valence-electron chi connectivity index (χ3n) is 2.33. The van der Waals surface area contributed by atoms with Gasteiger partial charge in [0.1, 0.15) is 5.78 Å². The van der Waals surface area contributed by atoms with Gasteiger partial charge in [0.05, 0.1) is 24.7 Å². The Morgan fingerprint density at radius 2 is 2.25 bits per heavy atom. The number of carbonyl (C=O) groups is 1. The molecule has 0 atom stereocenters. The van der Waals surface area contributed by atoms with E-state index in [1.54, 1.807) is 12.3 Å². The summed E-state index contributed by atoms with van der Waals surface area (Å²) >= 11 is 5.91. The molecule has 1 aromatic heterocycles. The van der Waals surface area contributed by atoms with E-state index in [1.165, 1.54) is 6.20 Å². The first-order valence-corrected chi connectivity index (χ1v) is 5.47. The van der Waals surface area contributed by atoms with Crippen LogP contribution in [0.1, 0.15) is 12.0 Å². The van der Waals surface area contributed by atoms with Crippen LogP contribution >= 0.6 is 11.6 Å². The highest BCUT2D eigenvalue weighted by molar-refractivity contribution is 6.31. The third-order valence-corrected chi connectivity index (χ3v) is 2.67. The smallest absolute Gasteiger partial charge is 0.164 e. The highest BCUT2D eigenvalue weighted by Crippen LogP contribution is 2.16. The Bertz CT molecular complexity index is 377. The molecule has 1 aromatic rings. The summed E-state index contributed by atoms with van der Waals surface area (Å²) in [5.41, 5.74) is 0.791. The second kappa shape index (κ2) is 5.39. The third kappa shape index (κ3) is 3.01. The molecule has 0 spiro atoms. The number of hydrogen-bond acceptors (Lipinski definition) is 4. The van der Waals surface area contributed by atoms with Crippen molar-refractivity contribution >= 4 is 17.4 Å². The van der Waals surface area contributed by atoms with Crippen LogP contribution in [-0.4, -0.2) is 30.3 Å². The number of pyridine rings is 1. The number of rotatable bonds is 4. The molecular weight excluding hydrogens is 230 g/mol. The number of nitrogens with zero attached hydrogens (tertiary/aromatic N) is 1. The van der Waals surface area contributed by atoms with Crippen LogP contribution in [0.3, 0.4) is 0 Å². The van der Waals surface area contributed by atoms with Crippen molar-refractivity contribution in [3.8, 4) is 0 Å². The Labute approximate surface area is 98.5 Å². The summed E-state index contributed by atoms with van der Waals surface area (Å²) in [4.78, 5) is 15.5. The monoisotopic (exact) mass is 241 g/mol. The van der Waals surface area contributed by atoms with Gasteiger partial charge in [0.15, 0.2) is 6.29 Å². The summed E-state index contributed by atoms with van der Waals surface area (Å²) in [6.45, 7) is 1.13. The van der Waals surface area contributed by atoms with Crippen molar-refractivity contribution in [1.82, 2.24) is 4.98 Å². The van der Waals surface area contributed by atoms with Crippen molar-refractivity contribution in [3.63, 3.8) is 0 Å². The van der Waals surface area contributed by atoms with E-state index < -0.39 is 0 Å². The maximum Gasteiger partial charge on any atom is 0.164 e. The lowest BCUT2D eigenvalue weighted by Gasteiger charge is -2.08. The molecule has 4 nitrogen and oxygen atoms in total. The van der Waals surface area contributed by atoms with Crippen molar-refractivity contribution in [1.29, 1.82) is 0 Å². The molecule has 1 aliphatic heterocycles. The SMILES string of the molecule is O=C(Cc1ccncc1Cl)CC1OCCO1. The summed E-state index contributed by atoms with van der Waals surface area (Å²) in [5, 5.41) is 0.518. The van der Waals surface area contributed by atoms with Gasteiger partial charge in [-0.25, -0.2) is 0 Å². The summed E-state index contributed by atoms with van der Waals surface area (Å²) in [6, 6.07) is 1.75. The van der Waals surface area contributed by atoms with Gasteiger partial charge in [0.25, 0.3) is 0 Å². The molecule has 86 valence electrons. The minimum atomic E-state index is -0.381. The van der Waals surface area contributed by atoms with Gasteiger partial charge in [-0.3, -0.25) is 9.78 Å². The molecule has 0 aliphatic carbocycles. The lowest BCUT2D eigenvalue weighted by atomic mass is 10.1. The van der Waals surface area contributed by atoms with Crippen LogP contribution in [0, 0.1) is 0 Å². The molecule has 2 heterocycles. The first kappa shape index (κ1) is 11.5. The van der Waals surface area contributed by atoms with E-state index in [0.717, 1.165) is 5.56 Å². The Morgan fingerprint density at radius 3 is 2.94 bits per heavy atom. The number of aromatic nitrogens is 1. The van der Waals surface area contributed by atoms with E-state index in [2.05, 4.69) is 4.98 Å². The van der Waals surface area contributed by atoms with Gasteiger partial charge in [0.2, 0.25) is 0 Å². The number of carbonyl (C=O) groups excluding carboxylic acids is 1. The van der Waals surface area contributed by atoms with Crippen LogP contribution in [0.4, 0.5) is 0 Å². The standard InChI is InChI=1S/C11H12ClNO3/c12-10-7-13-2-1-8(10)5-9(14)6-11-15-3-4-16-11/h1-2,7,11H,3-6H2. The molecule has 0 saturated carbocycles. The molecule has 2 rings (SSSR count). The zero-order valence-corrected chi connectivity index (χ0v) is 9.44. The largest absolute Gasteiger partial charge is 0.350 e. The lowest BCUT2D eigenvalue weighted by Crippen LogP contribution is -2.16. The first-order chi connectivity index (χ1) is 7.75. The van der Waals surface area contributed by atoms with Gasteiger partial charge < -0.3 is 9.47 Å². The van der Waals surface area contributed by atoms with Gasteiger partial charge >= 0.3 is 0 Å². The second-order valence-electron chi connectivity index (χ2n) is 3.56. The summed E-state index contributed by atoms with van der Waals surface area (Å²) in [6.07, 6.45) is 3.35. The van der Waals surface area contributed by atoms with Gasteiger partial charge in [-0.15, -0.1) is 0 Å². The van der Waals surface area contributed by atoms with Crippen LogP contribution in [0.5, 0.6) is 0 Å². The number of Topliss-reactive ketones (excluding diaryl/α,β-unsaturated/α-hetero) is 1. The van der Waals surface area contributed by atoms with E-state index in [0.29, 0.717) is 24.7 Å². The van der Waals surface area contributed by atoms with E-state index in [-0.39, 0.29) is 18.5 Å². The average molecular weight is 242 g/mol. The molecule has 0 radical (unpaired) electrons. The van der Waals surface area contributed by atoms with E-state index in [9.17, 15) is 4.79 Å². The normalized spacial score (nSPS) is 16.6. The predicted molar refractivity (Wildman–Crippen MR) is 58.3 cm³/mol. The maximum absolute atomic E-state index is 11.7. The Hall–Kier alpha value is -0.970. The zero-order valence-electron chi connectivity index (χ0n) is 8.69. The lowest BCUT2D eigenvalue weighted by molar-refractivity contribution is -0.126. The van der Waals surface area contributed by atoms with E-state index in [1.807, 2.05) is 0 Å². The zero-order chi connectivity index (χ0) is 11.4. The van der Waals surface area contributed by atoms with Crippen molar-refractivity contribution < 1.29 is 14.3 Å². The molecule has 0 N–H and O–H groups in total. The second-order valence-corrected chi connectivity index (χ2v) is 3.97. The van der Waals surface area contributed by atoms with Gasteiger partial charge in [-0.1, -0.05) is 11.6 Å². The fraction of sp³-hybridized carbons (Fsp3) is 0.455. The molecule has 1 saturated heterocycles. The van der Waals surface area contributed by atoms with E-state index in [4.69, 9.17) is 21.1 Å². The highest BCUT2D eigenvalue weighted by atomic mass is 35.5.